The van der Waals surface area contributed by atoms with Gasteiger partial charge in [0.25, 0.3) is 5.91 Å². The van der Waals surface area contributed by atoms with Crippen LogP contribution in [0.3, 0.4) is 0 Å². The molecule has 0 atom stereocenters. The highest BCUT2D eigenvalue weighted by Crippen LogP contribution is 2.32. The van der Waals surface area contributed by atoms with Gasteiger partial charge in [-0.1, -0.05) is 29.3 Å². The zero-order valence-corrected chi connectivity index (χ0v) is 12.8. The summed E-state index contributed by atoms with van der Waals surface area (Å²) in [7, 11) is 0.825. The lowest BCUT2D eigenvalue weighted by Gasteiger charge is -2.12. The zero-order chi connectivity index (χ0) is 17.3. The molecule has 2 aromatic carbocycles. The largest absolute Gasteiger partial charge is 0.491 e. The van der Waals surface area contributed by atoms with E-state index in [0.717, 1.165) is 7.11 Å². The van der Waals surface area contributed by atoms with Gasteiger partial charge in [0.05, 0.1) is 22.8 Å². The molecule has 0 aliphatic heterocycles. The molecule has 3 nitrogen and oxygen atoms in total. The van der Waals surface area contributed by atoms with E-state index in [1.54, 1.807) is 0 Å². The molecule has 0 aliphatic rings. The first kappa shape index (κ1) is 17.4. The fourth-order valence-corrected chi connectivity index (χ4v) is 2.12. The molecular weight excluding hydrogens is 361 g/mol. The highest BCUT2D eigenvalue weighted by molar-refractivity contribution is 6.44. The van der Waals surface area contributed by atoms with Crippen LogP contribution in [0.1, 0.15) is 10.4 Å². The number of anilines is 1. The second-order valence-corrected chi connectivity index (χ2v) is 5.00. The van der Waals surface area contributed by atoms with E-state index < -0.39 is 40.5 Å². The molecule has 2 rings (SSSR count). The van der Waals surface area contributed by atoms with Crippen LogP contribution in [0.4, 0.5) is 23.2 Å². The van der Waals surface area contributed by atoms with Crippen molar-refractivity contribution in [1.82, 2.24) is 0 Å². The maximum atomic E-state index is 13.8. The molecule has 0 fully saturated rings. The van der Waals surface area contributed by atoms with Crippen molar-refractivity contribution in [1.29, 1.82) is 0 Å². The number of benzene rings is 2. The van der Waals surface area contributed by atoms with Crippen molar-refractivity contribution in [2.24, 2.45) is 0 Å². The summed E-state index contributed by atoms with van der Waals surface area (Å²) in [5, 5.41) is 2.00. The average molecular weight is 368 g/mol. The maximum absolute atomic E-state index is 13.8. The smallest absolute Gasteiger partial charge is 0.261 e. The number of hydrogen-bond acceptors (Lipinski definition) is 2. The van der Waals surface area contributed by atoms with Crippen molar-refractivity contribution < 1.29 is 27.1 Å². The molecule has 0 aliphatic carbocycles. The number of rotatable bonds is 3. The molecule has 23 heavy (non-hydrogen) atoms. The number of amides is 1. The summed E-state index contributed by atoms with van der Waals surface area (Å²) in [6.07, 6.45) is 0. The van der Waals surface area contributed by atoms with Crippen molar-refractivity contribution in [2.45, 2.75) is 0 Å². The molecule has 0 spiro atoms. The Hall–Kier alpha value is -1.99. The van der Waals surface area contributed by atoms with Crippen molar-refractivity contribution in [3.8, 4) is 5.75 Å². The summed E-state index contributed by atoms with van der Waals surface area (Å²) in [6, 6.07) is 4.11. The number of hydrogen-bond donors (Lipinski definition) is 1. The summed E-state index contributed by atoms with van der Waals surface area (Å²) < 4.78 is 59.1. The Labute approximate surface area is 137 Å². The number of methoxy groups -OCH3 is 1. The van der Waals surface area contributed by atoms with Gasteiger partial charge in [-0.15, -0.1) is 0 Å². The van der Waals surface area contributed by atoms with Crippen LogP contribution < -0.4 is 10.1 Å². The van der Waals surface area contributed by atoms with Crippen LogP contribution >= 0.6 is 23.2 Å². The number of carbonyl (C=O) groups is 1. The third kappa shape index (κ3) is 3.07. The number of nitrogens with one attached hydrogen (secondary N) is 1. The second kappa shape index (κ2) is 6.64. The van der Waals surface area contributed by atoms with Gasteiger partial charge in [-0.2, -0.15) is 8.78 Å². The van der Waals surface area contributed by atoms with E-state index in [2.05, 4.69) is 4.74 Å². The summed E-state index contributed by atoms with van der Waals surface area (Å²) in [6.45, 7) is 0. The highest BCUT2D eigenvalue weighted by Gasteiger charge is 2.30. The topological polar surface area (TPSA) is 38.3 Å². The first-order valence-corrected chi connectivity index (χ1v) is 6.70. The second-order valence-electron chi connectivity index (χ2n) is 4.22. The standard InChI is InChI=1S/C14H7Cl2F4NO2/c1-23-13-11(19)9(17)7(10(18)12(13)20)14(22)21-6-4-2-3-5(15)8(6)16/h2-4H,1H3,(H,21,22). The Bertz CT molecular complexity index is 770. The normalized spacial score (nSPS) is 10.6. The fraction of sp³-hybridized carbons (Fsp3) is 0.0714. The number of halogens is 6. The lowest BCUT2D eigenvalue weighted by Crippen LogP contribution is -2.19. The van der Waals surface area contributed by atoms with Gasteiger partial charge in [-0.25, -0.2) is 8.78 Å². The fourth-order valence-electron chi connectivity index (χ4n) is 1.78. The summed E-state index contributed by atoms with van der Waals surface area (Å²) >= 11 is 11.5. The first-order valence-electron chi connectivity index (χ1n) is 5.94. The van der Waals surface area contributed by atoms with Crippen LogP contribution in [0.25, 0.3) is 0 Å². The third-order valence-corrected chi connectivity index (χ3v) is 3.67. The van der Waals surface area contributed by atoms with E-state index in [1.807, 2.05) is 5.32 Å². The van der Waals surface area contributed by atoms with Crippen LogP contribution in [0, 0.1) is 23.3 Å². The molecule has 0 saturated heterocycles. The number of ether oxygens (including phenoxy) is 1. The van der Waals surface area contributed by atoms with E-state index in [9.17, 15) is 22.4 Å². The highest BCUT2D eigenvalue weighted by atomic mass is 35.5. The van der Waals surface area contributed by atoms with E-state index >= 15 is 0 Å². The van der Waals surface area contributed by atoms with Gasteiger partial charge in [-0.05, 0) is 12.1 Å². The van der Waals surface area contributed by atoms with Crippen LogP contribution in [-0.2, 0) is 0 Å². The lowest BCUT2D eigenvalue weighted by molar-refractivity contribution is 0.101. The zero-order valence-electron chi connectivity index (χ0n) is 11.3. The Morgan fingerprint density at radius 3 is 2.13 bits per heavy atom. The Balaban J connectivity index is 2.50. The predicted molar refractivity (Wildman–Crippen MR) is 77.2 cm³/mol. The van der Waals surface area contributed by atoms with Crippen LogP contribution in [0.15, 0.2) is 18.2 Å². The minimum Gasteiger partial charge on any atom is -0.491 e. The van der Waals surface area contributed by atoms with E-state index in [0.29, 0.717) is 0 Å². The third-order valence-electron chi connectivity index (χ3n) is 2.85. The molecular formula is C14H7Cl2F4NO2. The molecule has 0 saturated carbocycles. The Kier molecular flexibility index (Phi) is 5.01. The summed E-state index contributed by atoms with van der Waals surface area (Å²) in [5.74, 6) is -10.1. The molecule has 0 radical (unpaired) electrons. The summed E-state index contributed by atoms with van der Waals surface area (Å²) in [5.41, 5.74) is -1.53. The van der Waals surface area contributed by atoms with Gasteiger partial charge in [0.1, 0.15) is 5.56 Å². The van der Waals surface area contributed by atoms with Gasteiger partial charge in [0.2, 0.25) is 11.6 Å². The van der Waals surface area contributed by atoms with E-state index in [1.165, 1.54) is 18.2 Å². The van der Waals surface area contributed by atoms with Gasteiger partial charge in [0, 0.05) is 0 Å². The van der Waals surface area contributed by atoms with Gasteiger partial charge in [-0.3, -0.25) is 4.79 Å². The molecule has 2 aromatic rings. The molecule has 9 heteroatoms. The quantitative estimate of drug-likeness (QED) is 0.624. The first-order chi connectivity index (χ1) is 10.8. The van der Waals surface area contributed by atoms with Crippen LogP contribution in [-0.4, -0.2) is 13.0 Å². The molecule has 0 unspecified atom stereocenters. The molecule has 122 valence electrons. The van der Waals surface area contributed by atoms with Crippen molar-refractivity contribution in [2.75, 3.05) is 12.4 Å². The van der Waals surface area contributed by atoms with Crippen molar-refractivity contribution >= 4 is 34.8 Å². The molecule has 0 heterocycles. The lowest BCUT2D eigenvalue weighted by atomic mass is 10.1. The van der Waals surface area contributed by atoms with E-state index in [4.69, 9.17) is 23.2 Å². The average Bonchev–Trinajstić information content (AvgIpc) is 2.51. The molecule has 0 bridgehead atoms. The van der Waals surface area contributed by atoms with Crippen LogP contribution in [0.2, 0.25) is 10.0 Å². The minimum absolute atomic E-state index is 0.0671. The molecule has 0 aromatic heterocycles. The van der Waals surface area contributed by atoms with Crippen LogP contribution in [0.5, 0.6) is 5.75 Å². The minimum atomic E-state index is -1.89. The maximum Gasteiger partial charge on any atom is 0.261 e. The monoisotopic (exact) mass is 367 g/mol. The van der Waals surface area contributed by atoms with Gasteiger partial charge >= 0.3 is 0 Å². The molecule has 1 amide bonds. The van der Waals surface area contributed by atoms with Crippen molar-refractivity contribution in [3.63, 3.8) is 0 Å². The van der Waals surface area contributed by atoms with Crippen molar-refractivity contribution in [3.05, 3.63) is 57.1 Å². The molecule has 1 N–H and O–H groups in total. The Morgan fingerprint density at radius 2 is 1.61 bits per heavy atom. The van der Waals surface area contributed by atoms with E-state index in [-0.39, 0.29) is 15.7 Å². The summed E-state index contributed by atoms with van der Waals surface area (Å²) in [4.78, 5) is 12.0. The Morgan fingerprint density at radius 1 is 1.04 bits per heavy atom. The number of carbonyl (C=O) groups excluding carboxylic acids is 1. The predicted octanol–water partition coefficient (Wildman–Crippen LogP) is 4.81. The van der Waals surface area contributed by atoms with Gasteiger partial charge in [0.15, 0.2) is 17.4 Å². The van der Waals surface area contributed by atoms with Gasteiger partial charge < -0.3 is 10.1 Å². The SMILES string of the molecule is COc1c(F)c(F)c(C(=O)Nc2cccc(Cl)c2Cl)c(F)c1F.